The molecule has 2 N–H and O–H groups in total. The van der Waals surface area contributed by atoms with Gasteiger partial charge in [-0.2, -0.15) is 0 Å². The highest BCUT2D eigenvalue weighted by atomic mass is 32.1. The molecule has 0 aliphatic carbocycles. The van der Waals surface area contributed by atoms with Gasteiger partial charge in [0.05, 0.1) is 5.69 Å². The minimum atomic E-state index is -0.216. The molecule has 5 nitrogen and oxygen atoms in total. The smallest absolute Gasteiger partial charge is 0.257 e. The number of amides is 1. The Morgan fingerprint density at radius 2 is 1.83 bits per heavy atom. The number of anilines is 1. The second-order valence-corrected chi connectivity index (χ2v) is 6.04. The second-order valence-electron chi connectivity index (χ2n) is 5.19. The molecule has 2 aromatic heterocycles. The normalized spacial score (nSPS) is 10.5. The van der Waals surface area contributed by atoms with Gasteiger partial charge in [0.2, 0.25) is 0 Å². The van der Waals surface area contributed by atoms with Crippen LogP contribution in [0, 0.1) is 13.8 Å². The summed E-state index contributed by atoms with van der Waals surface area (Å²) in [5.74, 6) is 0.0848. The summed E-state index contributed by atoms with van der Waals surface area (Å²) in [5.41, 5.74) is 3.82. The lowest BCUT2D eigenvalue weighted by Gasteiger charge is -2.06. The standard InChI is InChI=1S/C17H15N3O2S/c1-10-7-13(8-11(2)15(10)21)14-9-23-17(19-14)20-16(22)12-3-5-18-6-4-12/h3-9,21H,1-2H3,(H,19,20,22). The first-order chi connectivity index (χ1) is 11.0. The number of pyridine rings is 1. The monoisotopic (exact) mass is 325 g/mol. The van der Waals surface area contributed by atoms with Crippen LogP contribution in [0.2, 0.25) is 0 Å². The molecule has 0 atom stereocenters. The van der Waals surface area contributed by atoms with E-state index < -0.39 is 0 Å². The predicted molar refractivity (Wildman–Crippen MR) is 90.9 cm³/mol. The van der Waals surface area contributed by atoms with Crippen LogP contribution in [-0.4, -0.2) is 21.0 Å². The van der Waals surface area contributed by atoms with Crippen molar-refractivity contribution in [3.8, 4) is 17.0 Å². The van der Waals surface area contributed by atoms with Gasteiger partial charge in [0, 0.05) is 28.9 Å². The van der Waals surface area contributed by atoms with Gasteiger partial charge in [-0.15, -0.1) is 11.3 Å². The molecule has 0 radical (unpaired) electrons. The first-order valence-corrected chi connectivity index (χ1v) is 7.90. The molecule has 0 unspecified atom stereocenters. The van der Waals surface area contributed by atoms with Crippen molar-refractivity contribution in [2.24, 2.45) is 0 Å². The van der Waals surface area contributed by atoms with Crippen LogP contribution in [0.4, 0.5) is 5.13 Å². The molecule has 1 amide bonds. The van der Waals surface area contributed by atoms with Crippen LogP contribution in [0.1, 0.15) is 21.5 Å². The number of aryl methyl sites for hydroxylation is 2. The number of hydrogen-bond donors (Lipinski definition) is 2. The van der Waals surface area contributed by atoms with Crippen molar-refractivity contribution in [3.05, 3.63) is 58.7 Å². The van der Waals surface area contributed by atoms with Gasteiger partial charge in [0.15, 0.2) is 5.13 Å². The van der Waals surface area contributed by atoms with E-state index in [-0.39, 0.29) is 5.91 Å². The topological polar surface area (TPSA) is 75.1 Å². The highest BCUT2D eigenvalue weighted by Gasteiger charge is 2.11. The van der Waals surface area contributed by atoms with Crippen LogP contribution in [0.15, 0.2) is 42.0 Å². The Morgan fingerprint density at radius 1 is 1.17 bits per heavy atom. The molecule has 3 rings (SSSR count). The summed E-state index contributed by atoms with van der Waals surface area (Å²) < 4.78 is 0. The summed E-state index contributed by atoms with van der Waals surface area (Å²) in [6.45, 7) is 3.70. The lowest BCUT2D eigenvalue weighted by Crippen LogP contribution is -2.11. The van der Waals surface area contributed by atoms with Gasteiger partial charge in [-0.25, -0.2) is 4.98 Å². The Labute approximate surface area is 137 Å². The van der Waals surface area contributed by atoms with Crippen LogP contribution in [0.3, 0.4) is 0 Å². The largest absolute Gasteiger partial charge is 0.507 e. The summed E-state index contributed by atoms with van der Waals surface area (Å²) in [7, 11) is 0. The maximum Gasteiger partial charge on any atom is 0.257 e. The summed E-state index contributed by atoms with van der Waals surface area (Å²) in [6.07, 6.45) is 3.15. The fourth-order valence-corrected chi connectivity index (χ4v) is 2.95. The van der Waals surface area contributed by atoms with E-state index in [1.54, 1.807) is 24.5 Å². The van der Waals surface area contributed by atoms with Crippen molar-refractivity contribution in [2.45, 2.75) is 13.8 Å². The highest BCUT2D eigenvalue weighted by Crippen LogP contribution is 2.31. The van der Waals surface area contributed by atoms with Crippen molar-refractivity contribution >= 4 is 22.4 Å². The number of nitrogens with zero attached hydrogens (tertiary/aromatic N) is 2. The molecule has 23 heavy (non-hydrogen) atoms. The number of thiazole rings is 1. The zero-order valence-electron chi connectivity index (χ0n) is 12.7. The van der Waals surface area contributed by atoms with Crippen LogP contribution in [-0.2, 0) is 0 Å². The number of phenolic OH excluding ortho intramolecular Hbond substituents is 1. The average Bonchev–Trinajstić information content (AvgIpc) is 3.01. The minimum Gasteiger partial charge on any atom is -0.507 e. The summed E-state index contributed by atoms with van der Waals surface area (Å²) >= 11 is 1.36. The van der Waals surface area contributed by atoms with Gasteiger partial charge in [0.1, 0.15) is 5.75 Å². The number of benzene rings is 1. The SMILES string of the molecule is Cc1cc(-c2csc(NC(=O)c3ccncc3)n2)cc(C)c1O. The molecule has 0 aliphatic rings. The van der Waals surface area contributed by atoms with Gasteiger partial charge in [0.25, 0.3) is 5.91 Å². The third-order valence-corrected chi connectivity index (χ3v) is 4.21. The van der Waals surface area contributed by atoms with E-state index in [9.17, 15) is 9.90 Å². The number of aromatic hydroxyl groups is 1. The number of rotatable bonds is 3. The lowest BCUT2D eigenvalue weighted by atomic mass is 10.0. The fraction of sp³-hybridized carbons (Fsp3) is 0.118. The first kappa shape index (κ1) is 15.2. The predicted octanol–water partition coefficient (Wildman–Crippen LogP) is 3.78. The Morgan fingerprint density at radius 3 is 2.48 bits per heavy atom. The molecule has 6 heteroatoms. The van der Waals surface area contributed by atoms with Gasteiger partial charge in [-0.05, 0) is 49.2 Å². The Bertz CT molecular complexity index is 836. The van der Waals surface area contributed by atoms with E-state index in [0.717, 1.165) is 22.4 Å². The van der Waals surface area contributed by atoms with E-state index >= 15 is 0 Å². The number of aromatic nitrogens is 2. The lowest BCUT2D eigenvalue weighted by molar-refractivity contribution is 0.102. The quantitative estimate of drug-likeness (QED) is 0.768. The van der Waals surface area contributed by atoms with Crippen molar-refractivity contribution in [3.63, 3.8) is 0 Å². The maximum absolute atomic E-state index is 12.1. The number of nitrogens with one attached hydrogen (secondary N) is 1. The van der Waals surface area contributed by atoms with Crippen LogP contribution in [0.5, 0.6) is 5.75 Å². The Kier molecular flexibility index (Phi) is 4.08. The van der Waals surface area contributed by atoms with Crippen LogP contribution in [0.25, 0.3) is 11.3 Å². The van der Waals surface area contributed by atoms with E-state index in [1.165, 1.54) is 11.3 Å². The Hall–Kier alpha value is -2.73. The highest BCUT2D eigenvalue weighted by molar-refractivity contribution is 7.14. The van der Waals surface area contributed by atoms with E-state index in [2.05, 4.69) is 15.3 Å². The van der Waals surface area contributed by atoms with E-state index in [1.807, 2.05) is 31.4 Å². The average molecular weight is 325 g/mol. The molecule has 0 aliphatic heterocycles. The second kappa shape index (κ2) is 6.18. The Balaban J connectivity index is 1.82. The number of phenols is 1. The number of hydrogen-bond acceptors (Lipinski definition) is 5. The zero-order chi connectivity index (χ0) is 16.4. The van der Waals surface area contributed by atoms with Crippen LogP contribution >= 0.6 is 11.3 Å². The molecule has 0 saturated carbocycles. The van der Waals surface area contributed by atoms with Crippen LogP contribution < -0.4 is 5.32 Å². The number of carbonyl (C=O) groups is 1. The third-order valence-electron chi connectivity index (χ3n) is 3.45. The molecule has 116 valence electrons. The van der Waals surface area contributed by atoms with Gasteiger partial charge in [-0.1, -0.05) is 0 Å². The summed E-state index contributed by atoms with van der Waals surface area (Å²) in [5, 5.41) is 15.0. The van der Waals surface area contributed by atoms with Crippen molar-refractivity contribution < 1.29 is 9.90 Å². The number of carbonyl (C=O) groups excluding carboxylic acids is 1. The first-order valence-electron chi connectivity index (χ1n) is 7.02. The molecule has 1 aromatic carbocycles. The molecule has 0 spiro atoms. The van der Waals surface area contributed by atoms with Crippen molar-refractivity contribution in [1.82, 2.24) is 9.97 Å². The fourth-order valence-electron chi connectivity index (χ4n) is 2.24. The molecular weight excluding hydrogens is 310 g/mol. The minimum absolute atomic E-state index is 0.216. The molecule has 0 bridgehead atoms. The molecule has 2 heterocycles. The molecule has 0 fully saturated rings. The van der Waals surface area contributed by atoms with Crippen molar-refractivity contribution in [2.75, 3.05) is 5.32 Å². The van der Waals surface area contributed by atoms with Gasteiger partial charge >= 0.3 is 0 Å². The van der Waals surface area contributed by atoms with Gasteiger partial charge in [-0.3, -0.25) is 15.1 Å². The summed E-state index contributed by atoms with van der Waals surface area (Å²) in [6, 6.07) is 7.06. The van der Waals surface area contributed by atoms with Gasteiger partial charge < -0.3 is 5.11 Å². The van der Waals surface area contributed by atoms with E-state index in [0.29, 0.717) is 16.4 Å². The molecular formula is C17H15N3O2S. The molecule has 0 saturated heterocycles. The maximum atomic E-state index is 12.1. The van der Waals surface area contributed by atoms with E-state index in [4.69, 9.17) is 0 Å². The molecule has 3 aromatic rings. The van der Waals surface area contributed by atoms with Crippen molar-refractivity contribution in [1.29, 1.82) is 0 Å². The third kappa shape index (κ3) is 3.22. The summed E-state index contributed by atoms with van der Waals surface area (Å²) in [4.78, 5) is 20.4. The zero-order valence-corrected chi connectivity index (χ0v) is 13.5.